The van der Waals surface area contributed by atoms with E-state index in [1.54, 1.807) is 23.6 Å². The minimum atomic E-state index is -3.30. The fraction of sp³-hybridized carbons (Fsp3) is 0.214. The Morgan fingerprint density at radius 2 is 2.17 bits per heavy atom. The summed E-state index contributed by atoms with van der Waals surface area (Å²) in [4.78, 5) is 11.5. The number of carbonyl (C=O) groups is 1. The van der Waals surface area contributed by atoms with E-state index in [1.165, 1.54) is 21.0 Å². The van der Waals surface area contributed by atoms with Crippen molar-refractivity contribution in [3.63, 3.8) is 0 Å². The molecule has 0 atom stereocenters. The molecule has 1 aliphatic rings. The molecule has 0 radical (unpaired) electrons. The molecule has 6 nitrogen and oxygen atoms in total. The molecule has 0 saturated carbocycles. The zero-order valence-electron chi connectivity index (χ0n) is 11.9. The number of carboxylic acids is 1. The molecular weight excluding hydrogens is 343 g/mol. The zero-order chi connectivity index (χ0) is 16.6. The third-order valence-corrected chi connectivity index (χ3v) is 6.32. The highest BCUT2D eigenvalue weighted by molar-refractivity contribution is 8.22. The lowest BCUT2D eigenvalue weighted by molar-refractivity contribution is 0.0698. The number of anilines is 1. The number of fused-ring (bicyclic) bond motifs is 1. The molecule has 0 bridgehead atoms. The average Bonchev–Trinajstić information content (AvgIpc) is 3.00. The van der Waals surface area contributed by atoms with Crippen molar-refractivity contribution in [1.29, 1.82) is 0 Å². The molecule has 0 fully saturated rings. The number of rotatable bonds is 4. The maximum Gasteiger partial charge on any atom is 0.337 e. The number of halogens is 1. The van der Waals surface area contributed by atoms with Crippen LogP contribution in [0.25, 0.3) is 11.1 Å². The highest BCUT2D eigenvalue weighted by Gasteiger charge is 2.32. The van der Waals surface area contributed by atoms with E-state index in [9.17, 15) is 23.4 Å². The normalized spacial score (nSPS) is 18.0. The van der Waals surface area contributed by atoms with Crippen LogP contribution in [0.1, 0.15) is 10.4 Å². The second-order valence-corrected chi connectivity index (χ2v) is 7.70. The van der Waals surface area contributed by atoms with E-state index < -0.39 is 23.4 Å². The van der Waals surface area contributed by atoms with Crippen LogP contribution in [0, 0.1) is 0 Å². The first-order valence-electron chi connectivity index (χ1n) is 6.72. The molecule has 0 spiro atoms. The Hall–Kier alpha value is -1.65. The first-order valence-corrected chi connectivity index (χ1v) is 9.17. The summed E-state index contributed by atoms with van der Waals surface area (Å²) in [5.41, 5.74) is 1.81. The molecule has 9 heteroatoms. The van der Waals surface area contributed by atoms with Gasteiger partial charge in [0.05, 0.1) is 22.8 Å². The Balaban J connectivity index is 2.07. The lowest BCUT2D eigenvalue weighted by Gasteiger charge is -2.46. The number of nitrogens with zero attached hydrogens (tertiary/aromatic N) is 1. The topological polar surface area (TPSA) is 93.0 Å². The van der Waals surface area contributed by atoms with Crippen LogP contribution in [-0.2, 0) is 0 Å². The van der Waals surface area contributed by atoms with Crippen molar-refractivity contribution in [3.8, 4) is 11.1 Å². The van der Waals surface area contributed by atoms with Crippen LogP contribution in [0.3, 0.4) is 0 Å². The van der Waals surface area contributed by atoms with E-state index in [0.29, 0.717) is 16.8 Å². The van der Waals surface area contributed by atoms with E-state index in [-0.39, 0.29) is 23.7 Å². The summed E-state index contributed by atoms with van der Waals surface area (Å²) < 4.78 is 34.8. The quantitative estimate of drug-likeness (QED) is 0.664. The first kappa shape index (κ1) is 16.2. The summed E-state index contributed by atoms with van der Waals surface area (Å²) in [5, 5.41) is 15.5. The van der Waals surface area contributed by atoms with Crippen molar-refractivity contribution in [3.05, 3.63) is 34.5 Å². The Kier molecular flexibility index (Phi) is 4.30. The lowest BCUT2D eigenvalue weighted by atomic mass is 10.0. The van der Waals surface area contributed by atoms with Crippen molar-refractivity contribution in [2.45, 2.75) is 4.90 Å². The first-order chi connectivity index (χ1) is 10.9. The molecular formula is C14H15FN2O4S2. The van der Waals surface area contributed by atoms with Gasteiger partial charge in [0.25, 0.3) is 0 Å². The number of carboxylic acid groups (broad SMARTS) is 1. The predicted molar refractivity (Wildman–Crippen MR) is 89.0 cm³/mol. The molecule has 2 heterocycles. The monoisotopic (exact) mass is 358 g/mol. The molecule has 0 amide bonds. The second kappa shape index (κ2) is 6.10. The maximum atomic E-state index is 12.6. The van der Waals surface area contributed by atoms with Crippen LogP contribution in [0.5, 0.6) is 0 Å². The summed E-state index contributed by atoms with van der Waals surface area (Å²) in [5.74, 6) is -1.04. The number of hydrogen-bond donors (Lipinski definition) is 4. The largest absolute Gasteiger partial charge is 0.478 e. The van der Waals surface area contributed by atoms with Crippen molar-refractivity contribution < 1.29 is 23.4 Å². The smallest absolute Gasteiger partial charge is 0.337 e. The molecule has 1 aliphatic heterocycles. The zero-order valence-corrected chi connectivity index (χ0v) is 13.5. The number of alkyl halides is 1. The summed E-state index contributed by atoms with van der Waals surface area (Å²) in [6.07, 6.45) is 0. The Labute approximate surface area is 137 Å². The summed E-state index contributed by atoms with van der Waals surface area (Å²) >= 11 is 1.26. The standard InChI is InChI=1S/C14H15FN2O4S2/c15-3-4-17-8-16-12-2-1-9(5-13(12)23(17,20)21)10-6-22-7-11(10)14(18)19/h1-2,5-7,16,20-21H,3-4,8H2,(H,18,19). The van der Waals surface area contributed by atoms with Gasteiger partial charge in [-0.2, -0.15) is 15.6 Å². The van der Waals surface area contributed by atoms with Crippen molar-refractivity contribution in [1.82, 2.24) is 4.31 Å². The van der Waals surface area contributed by atoms with Gasteiger partial charge in [-0.3, -0.25) is 9.11 Å². The summed E-state index contributed by atoms with van der Waals surface area (Å²) in [7, 11) is -3.30. The summed E-state index contributed by atoms with van der Waals surface area (Å²) in [6.45, 7) is -0.657. The average molecular weight is 358 g/mol. The lowest BCUT2D eigenvalue weighted by Crippen LogP contribution is -2.38. The Morgan fingerprint density at radius 1 is 1.39 bits per heavy atom. The van der Waals surface area contributed by atoms with Gasteiger partial charge in [-0.05, 0) is 23.1 Å². The number of aromatic carboxylic acids is 1. The van der Waals surface area contributed by atoms with E-state index in [0.717, 1.165) is 0 Å². The minimum absolute atomic E-state index is 0.0994. The van der Waals surface area contributed by atoms with E-state index in [4.69, 9.17) is 0 Å². The third-order valence-electron chi connectivity index (χ3n) is 3.62. The van der Waals surface area contributed by atoms with Gasteiger partial charge < -0.3 is 10.4 Å². The van der Waals surface area contributed by atoms with E-state index in [1.807, 2.05) is 0 Å². The number of hydrogen-bond acceptors (Lipinski definition) is 6. The van der Waals surface area contributed by atoms with Crippen LogP contribution in [0.4, 0.5) is 10.1 Å². The number of thiophene rings is 1. The van der Waals surface area contributed by atoms with E-state index >= 15 is 0 Å². The third kappa shape index (κ3) is 2.81. The van der Waals surface area contributed by atoms with Gasteiger partial charge in [-0.1, -0.05) is 6.07 Å². The van der Waals surface area contributed by atoms with E-state index in [2.05, 4.69) is 5.32 Å². The molecule has 0 saturated heterocycles. The predicted octanol–water partition coefficient (Wildman–Crippen LogP) is 3.79. The molecule has 0 unspecified atom stereocenters. The van der Waals surface area contributed by atoms with Gasteiger partial charge in [-0.25, -0.2) is 9.18 Å². The maximum absolute atomic E-state index is 12.6. The highest BCUT2D eigenvalue weighted by Crippen LogP contribution is 2.57. The van der Waals surface area contributed by atoms with Gasteiger partial charge >= 0.3 is 5.97 Å². The molecule has 2 aromatic rings. The van der Waals surface area contributed by atoms with Crippen molar-refractivity contribution in [2.75, 3.05) is 25.2 Å². The highest BCUT2D eigenvalue weighted by atomic mass is 32.3. The molecule has 1 aromatic carbocycles. The SMILES string of the molecule is O=C(O)c1cscc1-c1ccc2c(c1)S(O)(O)N(CCF)CN2. The fourth-order valence-corrected chi connectivity index (χ4v) is 4.85. The molecule has 4 N–H and O–H groups in total. The fourth-order valence-electron chi connectivity index (χ4n) is 2.45. The van der Waals surface area contributed by atoms with Crippen LogP contribution >= 0.6 is 22.1 Å². The van der Waals surface area contributed by atoms with Gasteiger partial charge in [-0.15, -0.1) is 10.8 Å². The molecule has 1 aromatic heterocycles. The van der Waals surface area contributed by atoms with Gasteiger partial charge in [0.1, 0.15) is 6.67 Å². The minimum Gasteiger partial charge on any atom is -0.478 e. The summed E-state index contributed by atoms with van der Waals surface area (Å²) in [6, 6.07) is 4.95. The van der Waals surface area contributed by atoms with Crippen LogP contribution < -0.4 is 5.32 Å². The van der Waals surface area contributed by atoms with Crippen molar-refractivity contribution in [2.24, 2.45) is 0 Å². The molecule has 0 aliphatic carbocycles. The van der Waals surface area contributed by atoms with Crippen LogP contribution in [0.2, 0.25) is 0 Å². The molecule has 23 heavy (non-hydrogen) atoms. The molecule has 3 rings (SSSR count). The Morgan fingerprint density at radius 3 is 2.87 bits per heavy atom. The Bertz CT molecular complexity index is 750. The molecule has 124 valence electrons. The second-order valence-electron chi connectivity index (χ2n) is 4.96. The van der Waals surface area contributed by atoms with Crippen LogP contribution in [0.15, 0.2) is 33.9 Å². The van der Waals surface area contributed by atoms with Gasteiger partial charge in [0, 0.05) is 17.5 Å². The number of nitrogens with one attached hydrogen (secondary N) is 1. The number of benzene rings is 1. The van der Waals surface area contributed by atoms with Gasteiger partial charge in [0.15, 0.2) is 0 Å². The van der Waals surface area contributed by atoms with Crippen molar-refractivity contribution >= 4 is 33.8 Å². The van der Waals surface area contributed by atoms with Crippen LogP contribution in [-0.4, -0.2) is 44.4 Å². The van der Waals surface area contributed by atoms with Gasteiger partial charge in [0.2, 0.25) is 0 Å².